The molecule has 2 aromatic heterocycles. The fourth-order valence-electron chi connectivity index (χ4n) is 4.19. The second-order valence-corrected chi connectivity index (χ2v) is 9.46. The van der Waals surface area contributed by atoms with Gasteiger partial charge in [-0.05, 0) is 57.3 Å². The van der Waals surface area contributed by atoms with Crippen LogP contribution in [-0.4, -0.2) is 26.7 Å². The third-order valence-electron chi connectivity index (χ3n) is 6.33. The number of methoxy groups -OCH3 is 1. The standard InChI is InChI=1S/C21H34N4O2/c1-8-15-16-18(26)23-19(21(5,6)27-7)24-25(16)17(22-15)13-9-11-14(12-10-13)20(2,3)4/h13-14H,8-12H2,1-7H3,(H,23,24,26)/t13-,14+. The maximum atomic E-state index is 12.8. The van der Waals surface area contributed by atoms with Crippen molar-refractivity contribution in [3.8, 4) is 0 Å². The van der Waals surface area contributed by atoms with Crippen LogP contribution in [0.25, 0.3) is 5.52 Å². The highest BCUT2D eigenvalue weighted by Gasteiger charge is 2.33. The molecule has 1 N–H and O–H groups in total. The van der Waals surface area contributed by atoms with Crippen molar-refractivity contribution in [2.45, 2.75) is 85.2 Å². The van der Waals surface area contributed by atoms with Crippen LogP contribution in [0, 0.1) is 11.3 Å². The third-order valence-corrected chi connectivity index (χ3v) is 6.33. The van der Waals surface area contributed by atoms with Gasteiger partial charge in [0.1, 0.15) is 11.4 Å². The molecule has 0 aromatic carbocycles. The second-order valence-electron chi connectivity index (χ2n) is 9.46. The lowest BCUT2D eigenvalue weighted by molar-refractivity contribution is 0.0101. The van der Waals surface area contributed by atoms with E-state index in [2.05, 4.69) is 25.8 Å². The Morgan fingerprint density at radius 3 is 2.30 bits per heavy atom. The van der Waals surface area contributed by atoms with E-state index in [4.69, 9.17) is 14.8 Å². The lowest BCUT2D eigenvalue weighted by atomic mass is 9.70. The van der Waals surface area contributed by atoms with Gasteiger partial charge >= 0.3 is 0 Å². The first-order valence-electron chi connectivity index (χ1n) is 10.2. The molecule has 0 aliphatic heterocycles. The topological polar surface area (TPSA) is 72.3 Å². The van der Waals surface area contributed by atoms with Crippen molar-refractivity contribution in [2.24, 2.45) is 11.3 Å². The van der Waals surface area contributed by atoms with E-state index in [1.54, 1.807) is 11.6 Å². The average Bonchev–Trinajstić information content (AvgIpc) is 3.00. The van der Waals surface area contributed by atoms with Gasteiger partial charge in [-0.2, -0.15) is 0 Å². The Morgan fingerprint density at radius 1 is 1.15 bits per heavy atom. The number of rotatable bonds is 4. The number of nitrogens with one attached hydrogen (secondary N) is 1. The minimum absolute atomic E-state index is 0.135. The molecule has 27 heavy (non-hydrogen) atoms. The summed E-state index contributed by atoms with van der Waals surface area (Å²) in [5, 5.41) is 4.76. The van der Waals surface area contributed by atoms with Crippen molar-refractivity contribution in [1.29, 1.82) is 0 Å². The first kappa shape index (κ1) is 20.1. The normalized spacial score (nSPS) is 21.7. The van der Waals surface area contributed by atoms with Gasteiger partial charge in [0, 0.05) is 13.0 Å². The number of ether oxygens (including phenoxy) is 1. The van der Waals surface area contributed by atoms with E-state index in [0.717, 1.165) is 36.7 Å². The maximum absolute atomic E-state index is 12.8. The van der Waals surface area contributed by atoms with E-state index < -0.39 is 5.60 Å². The summed E-state index contributed by atoms with van der Waals surface area (Å²) in [6.07, 6.45) is 5.32. The number of H-pyrrole nitrogens is 1. The summed E-state index contributed by atoms with van der Waals surface area (Å²) in [7, 11) is 1.63. The monoisotopic (exact) mass is 374 g/mol. The first-order valence-corrected chi connectivity index (χ1v) is 10.2. The quantitative estimate of drug-likeness (QED) is 0.871. The smallest absolute Gasteiger partial charge is 0.277 e. The molecule has 1 aliphatic rings. The Kier molecular flexibility index (Phi) is 5.23. The number of fused-ring (bicyclic) bond motifs is 1. The molecule has 2 aromatic rings. The molecule has 0 unspecified atom stereocenters. The van der Waals surface area contributed by atoms with Crippen molar-refractivity contribution in [3.05, 3.63) is 27.7 Å². The minimum atomic E-state index is -0.662. The van der Waals surface area contributed by atoms with Crippen molar-refractivity contribution in [1.82, 2.24) is 19.6 Å². The summed E-state index contributed by atoms with van der Waals surface area (Å²) in [6, 6.07) is 0. The Hall–Kier alpha value is -1.69. The molecule has 1 fully saturated rings. The van der Waals surface area contributed by atoms with Gasteiger partial charge in [-0.3, -0.25) is 4.79 Å². The zero-order chi connectivity index (χ0) is 20.0. The molecule has 6 nitrogen and oxygen atoms in total. The van der Waals surface area contributed by atoms with E-state index in [1.165, 1.54) is 12.8 Å². The Labute approximate surface area is 161 Å². The van der Waals surface area contributed by atoms with E-state index in [9.17, 15) is 4.79 Å². The van der Waals surface area contributed by atoms with Crippen LogP contribution >= 0.6 is 0 Å². The van der Waals surface area contributed by atoms with Crippen LogP contribution < -0.4 is 5.56 Å². The average molecular weight is 375 g/mol. The Bertz CT molecular complexity index is 865. The van der Waals surface area contributed by atoms with Gasteiger partial charge in [0.2, 0.25) is 0 Å². The molecule has 0 spiro atoms. The van der Waals surface area contributed by atoms with E-state index >= 15 is 0 Å². The highest BCUT2D eigenvalue weighted by Crippen LogP contribution is 2.43. The van der Waals surface area contributed by atoms with Crippen molar-refractivity contribution in [3.63, 3.8) is 0 Å². The highest BCUT2D eigenvalue weighted by atomic mass is 16.5. The fraction of sp³-hybridized carbons (Fsp3) is 0.762. The molecule has 0 radical (unpaired) electrons. The summed E-state index contributed by atoms with van der Waals surface area (Å²) < 4.78 is 7.33. The van der Waals surface area contributed by atoms with Crippen LogP contribution in [0.15, 0.2) is 4.79 Å². The summed E-state index contributed by atoms with van der Waals surface area (Å²) in [5.74, 6) is 2.56. The number of nitrogens with zero attached hydrogens (tertiary/aromatic N) is 3. The molecule has 150 valence electrons. The molecule has 0 atom stereocenters. The van der Waals surface area contributed by atoms with Crippen molar-refractivity contribution >= 4 is 5.52 Å². The third kappa shape index (κ3) is 3.68. The van der Waals surface area contributed by atoms with Crippen LogP contribution in [0.5, 0.6) is 0 Å². The van der Waals surface area contributed by atoms with Gasteiger partial charge in [0.15, 0.2) is 11.3 Å². The predicted octanol–water partition coefficient (Wildman–Crippen LogP) is 4.18. The molecule has 0 saturated heterocycles. The molecular formula is C21H34N4O2. The van der Waals surface area contributed by atoms with E-state index in [-0.39, 0.29) is 5.56 Å². The number of aromatic nitrogens is 4. The number of hydrogen-bond donors (Lipinski definition) is 1. The van der Waals surface area contributed by atoms with Gasteiger partial charge in [-0.25, -0.2) is 9.50 Å². The molecule has 0 amide bonds. The number of aromatic amines is 1. The molecule has 1 saturated carbocycles. The Morgan fingerprint density at radius 2 is 1.78 bits per heavy atom. The summed E-state index contributed by atoms with van der Waals surface area (Å²) in [4.78, 5) is 20.6. The predicted molar refractivity (Wildman–Crippen MR) is 107 cm³/mol. The van der Waals surface area contributed by atoms with Crippen molar-refractivity contribution in [2.75, 3.05) is 7.11 Å². The summed E-state index contributed by atoms with van der Waals surface area (Å²) in [6.45, 7) is 12.8. The van der Waals surface area contributed by atoms with Gasteiger partial charge < -0.3 is 9.72 Å². The van der Waals surface area contributed by atoms with E-state index in [1.807, 2.05) is 20.8 Å². The lowest BCUT2D eigenvalue weighted by Gasteiger charge is -2.36. The molecule has 0 bridgehead atoms. The van der Waals surface area contributed by atoms with Gasteiger partial charge in [0.25, 0.3) is 5.56 Å². The number of imidazole rings is 1. The molecular weight excluding hydrogens is 340 g/mol. The molecule has 3 rings (SSSR count). The number of hydrogen-bond acceptors (Lipinski definition) is 4. The lowest BCUT2D eigenvalue weighted by Crippen LogP contribution is -2.30. The van der Waals surface area contributed by atoms with Crippen LogP contribution in [0.1, 0.15) is 90.5 Å². The van der Waals surface area contributed by atoms with Gasteiger partial charge in [-0.1, -0.05) is 27.7 Å². The first-order chi connectivity index (χ1) is 12.6. The van der Waals surface area contributed by atoms with Crippen LogP contribution in [0.3, 0.4) is 0 Å². The highest BCUT2D eigenvalue weighted by molar-refractivity contribution is 5.51. The van der Waals surface area contributed by atoms with Gasteiger partial charge in [-0.15, -0.1) is 5.10 Å². The van der Waals surface area contributed by atoms with E-state index in [0.29, 0.717) is 22.7 Å². The summed E-state index contributed by atoms with van der Waals surface area (Å²) in [5.41, 5.74) is 0.966. The van der Waals surface area contributed by atoms with Crippen LogP contribution in [0.2, 0.25) is 0 Å². The molecule has 6 heteroatoms. The second kappa shape index (κ2) is 7.04. The SMILES string of the molecule is CCc1nc([C@H]2CC[C@@H](C(C)(C)C)CC2)n2nc(C(C)(C)OC)[nH]c(=O)c12. The van der Waals surface area contributed by atoms with Crippen LogP contribution in [-0.2, 0) is 16.8 Å². The maximum Gasteiger partial charge on any atom is 0.277 e. The zero-order valence-corrected chi connectivity index (χ0v) is 17.8. The van der Waals surface area contributed by atoms with Gasteiger partial charge in [0.05, 0.1) is 5.69 Å². The minimum Gasteiger partial charge on any atom is -0.371 e. The largest absolute Gasteiger partial charge is 0.371 e. The van der Waals surface area contributed by atoms with Crippen molar-refractivity contribution < 1.29 is 4.74 Å². The summed E-state index contributed by atoms with van der Waals surface area (Å²) >= 11 is 0. The van der Waals surface area contributed by atoms with Crippen LogP contribution in [0.4, 0.5) is 0 Å². The Balaban J connectivity index is 2.05. The zero-order valence-electron chi connectivity index (χ0n) is 17.8. The molecule has 1 aliphatic carbocycles. The molecule has 2 heterocycles. The number of aryl methyl sites for hydroxylation is 1. The fourth-order valence-corrected chi connectivity index (χ4v) is 4.19.